The van der Waals surface area contributed by atoms with E-state index in [4.69, 9.17) is 4.74 Å². The van der Waals surface area contributed by atoms with E-state index in [1.165, 1.54) is 0 Å². The number of hydrogen-bond acceptors (Lipinski definition) is 3. The summed E-state index contributed by atoms with van der Waals surface area (Å²) in [5.41, 5.74) is 2.93. The van der Waals surface area contributed by atoms with Crippen LogP contribution in [0.25, 0.3) is 6.08 Å². The van der Waals surface area contributed by atoms with Gasteiger partial charge in [-0.15, -0.1) is 0 Å². The molecule has 1 fully saturated rings. The SMILES string of the molecule is CC.O=C1C(c2cccc(O)c2)COC2C=Cc3ccccc3C12. The highest BCUT2D eigenvalue weighted by Gasteiger charge is 2.41. The lowest BCUT2D eigenvalue weighted by molar-refractivity contribution is -0.132. The van der Waals surface area contributed by atoms with E-state index in [9.17, 15) is 9.90 Å². The largest absolute Gasteiger partial charge is 0.508 e. The molecule has 2 aromatic rings. The molecule has 0 aromatic heterocycles. The van der Waals surface area contributed by atoms with E-state index >= 15 is 0 Å². The molecule has 2 aromatic carbocycles. The number of rotatable bonds is 1. The summed E-state index contributed by atoms with van der Waals surface area (Å²) < 4.78 is 5.93. The van der Waals surface area contributed by atoms with Gasteiger partial charge in [-0.1, -0.05) is 62.4 Å². The molecule has 2 aliphatic rings. The molecule has 4 rings (SSSR count). The number of carbonyl (C=O) groups excluding carboxylic acids is 1. The fraction of sp³-hybridized carbons (Fsp3) is 0.286. The van der Waals surface area contributed by atoms with Gasteiger partial charge in [-0.05, 0) is 28.8 Å². The Balaban J connectivity index is 0.000000815. The molecule has 3 heteroatoms. The van der Waals surface area contributed by atoms with Gasteiger partial charge in [0.1, 0.15) is 5.75 Å². The van der Waals surface area contributed by atoms with E-state index in [1.807, 2.05) is 56.3 Å². The number of benzene rings is 2. The van der Waals surface area contributed by atoms with Gasteiger partial charge in [0.25, 0.3) is 0 Å². The number of Topliss-reactive ketones (excluding diaryl/α,β-unsaturated/α-hetero) is 1. The molecule has 0 spiro atoms. The Morgan fingerprint density at radius 2 is 1.88 bits per heavy atom. The predicted octanol–water partition coefficient (Wildman–Crippen LogP) is 4.28. The van der Waals surface area contributed by atoms with Crippen LogP contribution in [0.1, 0.15) is 42.4 Å². The number of phenols is 1. The Morgan fingerprint density at radius 1 is 1.08 bits per heavy atom. The summed E-state index contributed by atoms with van der Waals surface area (Å²) in [5.74, 6) is -0.245. The summed E-state index contributed by atoms with van der Waals surface area (Å²) in [6.45, 7) is 4.36. The molecule has 124 valence electrons. The Hall–Kier alpha value is -2.39. The third-order valence-corrected chi connectivity index (χ3v) is 4.50. The topological polar surface area (TPSA) is 46.5 Å². The van der Waals surface area contributed by atoms with Crippen LogP contribution in [0, 0.1) is 0 Å². The van der Waals surface area contributed by atoms with Crippen molar-refractivity contribution in [2.45, 2.75) is 31.8 Å². The van der Waals surface area contributed by atoms with Crippen molar-refractivity contribution in [1.29, 1.82) is 0 Å². The van der Waals surface area contributed by atoms with Gasteiger partial charge in [0.05, 0.1) is 24.5 Å². The van der Waals surface area contributed by atoms with Crippen LogP contribution in [-0.2, 0) is 9.53 Å². The lowest BCUT2D eigenvalue weighted by atomic mass is 9.75. The van der Waals surface area contributed by atoms with E-state index in [-0.39, 0.29) is 29.5 Å². The molecular weight excluding hydrogens is 300 g/mol. The van der Waals surface area contributed by atoms with E-state index in [0.29, 0.717) is 6.61 Å². The van der Waals surface area contributed by atoms with Crippen molar-refractivity contribution in [3.05, 3.63) is 71.3 Å². The minimum Gasteiger partial charge on any atom is -0.508 e. The molecule has 24 heavy (non-hydrogen) atoms. The van der Waals surface area contributed by atoms with Crippen molar-refractivity contribution < 1.29 is 14.6 Å². The quantitative estimate of drug-likeness (QED) is 0.852. The normalized spacial score (nSPS) is 24.4. The molecule has 0 saturated carbocycles. The smallest absolute Gasteiger partial charge is 0.153 e. The first-order chi connectivity index (χ1) is 11.7. The van der Waals surface area contributed by atoms with E-state index in [1.54, 1.807) is 18.2 Å². The molecule has 1 saturated heterocycles. The van der Waals surface area contributed by atoms with Crippen LogP contribution in [0.3, 0.4) is 0 Å². The third kappa shape index (κ3) is 2.87. The fourth-order valence-electron chi connectivity index (χ4n) is 3.41. The van der Waals surface area contributed by atoms with E-state index < -0.39 is 0 Å². The molecule has 0 bridgehead atoms. The lowest BCUT2D eigenvalue weighted by Gasteiger charge is -2.36. The molecular formula is C21H22O3. The van der Waals surface area contributed by atoms with Gasteiger partial charge >= 0.3 is 0 Å². The summed E-state index contributed by atoms with van der Waals surface area (Å²) in [4.78, 5) is 13.0. The van der Waals surface area contributed by atoms with Crippen LogP contribution in [0.2, 0.25) is 0 Å². The number of aromatic hydroxyl groups is 1. The summed E-state index contributed by atoms with van der Waals surface area (Å²) in [6.07, 6.45) is 3.82. The van der Waals surface area contributed by atoms with Crippen LogP contribution in [-0.4, -0.2) is 23.6 Å². The molecule has 1 aliphatic heterocycles. The van der Waals surface area contributed by atoms with Crippen LogP contribution in [0.15, 0.2) is 54.6 Å². The highest BCUT2D eigenvalue weighted by atomic mass is 16.5. The number of ether oxygens (including phenoxy) is 1. The summed E-state index contributed by atoms with van der Waals surface area (Å²) in [7, 11) is 0. The second kappa shape index (κ2) is 7.02. The first-order valence-electron chi connectivity index (χ1n) is 8.45. The summed E-state index contributed by atoms with van der Waals surface area (Å²) >= 11 is 0. The van der Waals surface area contributed by atoms with E-state index in [2.05, 4.69) is 0 Å². The summed E-state index contributed by atoms with van der Waals surface area (Å²) in [6, 6.07) is 14.9. The standard InChI is InChI=1S/C19H16O3.C2H6/c20-14-6-3-5-13(10-14)16-11-22-17-9-8-12-4-1-2-7-15(12)18(17)19(16)21;1-2/h1-10,16-18,20H,11H2;1-2H3. The first kappa shape index (κ1) is 16.5. The highest BCUT2D eigenvalue weighted by Crippen LogP contribution is 2.40. The molecule has 1 N–H and O–H groups in total. The Labute approximate surface area is 142 Å². The fourth-order valence-corrected chi connectivity index (χ4v) is 3.41. The maximum Gasteiger partial charge on any atom is 0.153 e. The monoisotopic (exact) mass is 322 g/mol. The minimum absolute atomic E-state index is 0.165. The molecule has 3 nitrogen and oxygen atoms in total. The van der Waals surface area contributed by atoms with Crippen molar-refractivity contribution in [2.24, 2.45) is 0 Å². The second-order valence-corrected chi connectivity index (χ2v) is 5.81. The van der Waals surface area contributed by atoms with Gasteiger partial charge in [-0.3, -0.25) is 4.79 Å². The first-order valence-corrected chi connectivity index (χ1v) is 8.45. The van der Waals surface area contributed by atoms with Crippen molar-refractivity contribution in [3.8, 4) is 5.75 Å². The molecule has 3 atom stereocenters. The maximum absolute atomic E-state index is 13.0. The molecule has 0 radical (unpaired) electrons. The third-order valence-electron chi connectivity index (χ3n) is 4.50. The van der Waals surface area contributed by atoms with Crippen LogP contribution >= 0.6 is 0 Å². The van der Waals surface area contributed by atoms with Gasteiger partial charge in [0.15, 0.2) is 5.78 Å². The average molecular weight is 322 g/mol. The van der Waals surface area contributed by atoms with Gasteiger partial charge in [0.2, 0.25) is 0 Å². The van der Waals surface area contributed by atoms with E-state index in [0.717, 1.165) is 16.7 Å². The summed E-state index contributed by atoms with van der Waals surface area (Å²) in [5, 5.41) is 9.66. The lowest BCUT2D eigenvalue weighted by Crippen LogP contribution is -2.40. The van der Waals surface area contributed by atoms with Crippen molar-refractivity contribution in [2.75, 3.05) is 6.61 Å². The minimum atomic E-state index is -0.326. The van der Waals surface area contributed by atoms with Gasteiger partial charge in [0, 0.05) is 0 Å². The zero-order valence-electron chi connectivity index (χ0n) is 14.0. The van der Waals surface area contributed by atoms with Crippen molar-refractivity contribution in [3.63, 3.8) is 0 Å². The van der Waals surface area contributed by atoms with Crippen LogP contribution < -0.4 is 0 Å². The van der Waals surface area contributed by atoms with Crippen molar-refractivity contribution in [1.82, 2.24) is 0 Å². The highest BCUT2D eigenvalue weighted by molar-refractivity contribution is 5.95. The van der Waals surface area contributed by atoms with Crippen LogP contribution in [0.5, 0.6) is 5.75 Å². The maximum atomic E-state index is 13.0. The molecule has 1 heterocycles. The Morgan fingerprint density at radius 3 is 2.67 bits per heavy atom. The molecule has 3 unspecified atom stereocenters. The van der Waals surface area contributed by atoms with Crippen molar-refractivity contribution >= 4 is 11.9 Å². The van der Waals surface area contributed by atoms with Crippen LogP contribution in [0.4, 0.5) is 0 Å². The Bertz CT molecular complexity index is 763. The van der Waals surface area contributed by atoms with Gasteiger partial charge in [-0.2, -0.15) is 0 Å². The second-order valence-electron chi connectivity index (χ2n) is 5.81. The Kier molecular flexibility index (Phi) is 4.81. The molecule has 0 amide bonds. The number of carbonyl (C=O) groups is 1. The average Bonchev–Trinajstić information content (AvgIpc) is 2.63. The number of hydrogen-bond donors (Lipinski definition) is 1. The zero-order chi connectivity index (χ0) is 17.1. The number of ketones is 1. The van der Waals surface area contributed by atoms with Gasteiger partial charge in [-0.25, -0.2) is 0 Å². The number of fused-ring (bicyclic) bond motifs is 3. The predicted molar refractivity (Wildman–Crippen MR) is 95.2 cm³/mol. The zero-order valence-corrected chi connectivity index (χ0v) is 14.0. The van der Waals surface area contributed by atoms with Gasteiger partial charge < -0.3 is 9.84 Å². The number of phenolic OH excluding ortho intramolecular Hbond substituents is 1. The molecule has 1 aliphatic carbocycles.